The van der Waals surface area contributed by atoms with Gasteiger partial charge in [-0.25, -0.2) is 0 Å². The monoisotopic (exact) mass is 394 g/mol. The minimum Gasteiger partial charge on any atom is -0.289 e. The van der Waals surface area contributed by atoms with Gasteiger partial charge in [0.2, 0.25) is 0 Å². The van der Waals surface area contributed by atoms with Crippen LogP contribution in [0.1, 0.15) is 31.8 Å². The van der Waals surface area contributed by atoms with E-state index in [1.54, 1.807) is 12.1 Å². The van der Waals surface area contributed by atoms with Gasteiger partial charge < -0.3 is 0 Å². The molecular formula is C26H18O2S. The highest BCUT2D eigenvalue weighted by atomic mass is 32.3. The van der Waals surface area contributed by atoms with Crippen molar-refractivity contribution in [1.82, 2.24) is 0 Å². The summed E-state index contributed by atoms with van der Waals surface area (Å²) in [4.78, 5) is 29.1. The highest BCUT2D eigenvalue weighted by Gasteiger charge is 2.40. The van der Waals surface area contributed by atoms with Gasteiger partial charge in [-0.1, -0.05) is 54.6 Å². The van der Waals surface area contributed by atoms with Crippen molar-refractivity contribution < 1.29 is 9.59 Å². The van der Waals surface area contributed by atoms with E-state index in [2.05, 4.69) is 48.9 Å². The molecule has 140 valence electrons. The van der Waals surface area contributed by atoms with Crippen LogP contribution in [0.5, 0.6) is 0 Å². The molecule has 0 aromatic heterocycles. The molecule has 1 aliphatic carbocycles. The second kappa shape index (κ2) is 5.46. The number of carbonyl (C=O) groups is 2. The first-order valence-electron chi connectivity index (χ1n) is 9.60. The molecule has 0 fully saturated rings. The highest BCUT2D eigenvalue weighted by Crippen LogP contribution is 2.69. The third-order valence-corrected chi connectivity index (χ3v) is 9.13. The summed E-state index contributed by atoms with van der Waals surface area (Å²) in [7, 11) is -1.43. The zero-order chi connectivity index (χ0) is 19.9. The summed E-state index contributed by atoms with van der Waals surface area (Å²) in [5, 5.41) is 2.40. The minimum absolute atomic E-state index is 0.0232. The lowest BCUT2D eigenvalue weighted by Gasteiger charge is -2.32. The number of carbonyl (C=O) groups excluding carboxylic acids is 2. The minimum atomic E-state index is -1.43. The fraction of sp³-hybridized carbons (Fsp3) is 0.0769. The van der Waals surface area contributed by atoms with Crippen LogP contribution in [0.3, 0.4) is 0 Å². The van der Waals surface area contributed by atoms with Crippen LogP contribution in [0.25, 0.3) is 21.9 Å². The van der Waals surface area contributed by atoms with E-state index in [9.17, 15) is 9.59 Å². The lowest BCUT2D eigenvalue weighted by molar-refractivity contribution is 0.0977. The van der Waals surface area contributed by atoms with Gasteiger partial charge in [0.15, 0.2) is 11.6 Å². The second-order valence-electron chi connectivity index (χ2n) is 8.09. The number of hydrogen-bond donors (Lipinski definition) is 0. The van der Waals surface area contributed by atoms with Gasteiger partial charge in [-0.2, -0.15) is 10.0 Å². The van der Waals surface area contributed by atoms with Crippen molar-refractivity contribution in [3.63, 3.8) is 0 Å². The Labute approximate surface area is 170 Å². The molecule has 0 atom stereocenters. The van der Waals surface area contributed by atoms with Crippen molar-refractivity contribution in [2.24, 2.45) is 0 Å². The topological polar surface area (TPSA) is 34.1 Å². The standard InChI is InChI=1S/C26H18O2S/c1-29(2)22-14-16-8-4-3-7-15(16)13-21(22)19-11-12-20-23(26(19)29)25(28)18-10-6-5-9-17(18)24(20)27/h3-14H,1-2H3. The predicted molar refractivity (Wildman–Crippen MR) is 119 cm³/mol. The zero-order valence-electron chi connectivity index (χ0n) is 16.2. The van der Waals surface area contributed by atoms with Crippen molar-refractivity contribution in [2.45, 2.75) is 9.79 Å². The van der Waals surface area contributed by atoms with Gasteiger partial charge in [-0.3, -0.25) is 9.59 Å². The summed E-state index contributed by atoms with van der Waals surface area (Å²) in [5.74, 6) is -0.0701. The van der Waals surface area contributed by atoms with E-state index in [1.807, 2.05) is 24.3 Å². The number of fused-ring (bicyclic) bond motifs is 7. The summed E-state index contributed by atoms with van der Waals surface area (Å²) < 4.78 is 0. The number of ketones is 2. The van der Waals surface area contributed by atoms with Crippen molar-refractivity contribution in [2.75, 3.05) is 12.5 Å². The summed E-state index contributed by atoms with van der Waals surface area (Å²) in [6.45, 7) is 0. The van der Waals surface area contributed by atoms with Crippen LogP contribution >= 0.6 is 10.0 Å². The van der Waals surface area contributed by atoms with Crippen LogP contribution in [0.15, 0.2) is 82.6 Å². The maximum Gasteiger partial charge on any atom is 0.195 e. The molecule has 2 aliphatic rings. The van der Waals surface area contributed by atoms with Gasteiger partial charge in [0.25, 0.3) is 0 Å². The SMILES string of the molecule is CS1(C)c2cc3ccccc3cc2-c2ccc3c(c21)C(=O)c1ccccc1C3=O. The van der Waals surface area contributed by atoms with Crippen LogP contribution in [0, 0.1) is 0 Å². The molecule has 0 radical (unpaired) electrons. The molecule has 0 spiro atoms. The number of benzene rings is 4. The van der Waals surface area contributed by atoms with E-state index in [4.69, 9.17) is 0 Å². The molecule has 3 heteroatoms. The zero-order valence-corrected chi connectivity index (χ0v) is 17.0. The lowest BCUT2D eigenvalue weighted by Crippen LogP contribution is -2.22. The molecule has 2 nitrogen and oxygen atoms in total. The molecule has 29 heavy (non-hydrogen) atoms. The fourth-order valence-electron chi connectivity index (χ4n) is 4.86. The van der Waals surface area contributed by atoms with Crippen molar-refractivity contribution >= 4 is 32.4 Å². The van der Waals surface area contributed by atoms with Crippen LogP contribution < -0.4 is 0 Å². The van der Waals surface area contributed by atoms with Crippen LogP contribution in [-0.4, -0.2) is 24.1 Å². The van der Waals surface area contributed by atoms with E-state index in [0.29, 0.717) is 22.3 Å². The van der Waals surface area contributed by atoms with E-state index in [-0.39, 0.29) is 11.6 Å². The van der Waals surface area contributed by atoms with Crippen LogP contribution in [0.4, 0.5) is 0 Å². The van der Waals surface area contributed by atoms with E-state index < -0.39 is 10.0 Å². The normalized spacial score (nSPS) is 16.8. The molecule has 0 unspecified atom stereocenters. The molecule has 1 heterocycles. The molecule has 4 aromatic carbocycles. The maximum atomic E-state index is 13.5. The van der Waals surface area contributed by atoms with E-state index in [0.717, 1.165) is 10.5 Å². The molecule has 0 N–H and O–H groups in total. The van der Waals surface area contributed by atoms with Crippen LogP contribution in [0.2, 0.25) is 0 Å². The third kappa shape index (κ3) is 2.03. The van der Waals surface area contributed by atoms with Gasteiger partial charge in [-0.05, 0) is 52.6 Å². The largest absolute Gasteiger partial charge is 0.289 e. The second-order valence-corrected chi connectivity index (χ2v) is 11.6. The molecule has 0 saturated carbocycles. The Hall–Kier alpha value is -3.17. The fourth-order valence-corrected chi connectivity index (χ4v) is 7.66. The van der Waals surface area contributed by atoms with Crippen molar-refractivity contribution in [3.05, 3.63) is 95.1 Å². The first-order valence-corrected chi connectivity index (χ1v) is 12.1. The van der Waals surface area contributed by atoms with Crippen LogP contribution in [-0.2, 0) is 0 Å². The Balaban J connectivity index is 1.70. The number of hydrogen-bond acceptors (Lipinski definition) is 2. The Morgan fingerprint density at radius 2 is 1.17 bits per heavy atom. The first-order chi connectivity index (χ1) is 14.0. The average molecular weight is 394 g/mol. The summed E-state index contributed by atoms with van der Waals surface area (Å²) >= 11 is 0. The van der Waals surface area contributed by atoms with E-state index >= 15 is 0 Å². The van der Waals surface area contributed by atoms with Gasteiger partial charge in [0, 0.05) is 32.0 Å². The number of rotatable bonds is 0. The first kappa shape index (κ1) is 16.8. The van der Waals surface area contributed by atoms with Gasteiger partial charge in [0.1, 0.15) is 0 Å². The molecule has 4 aromatic rings. The predicted octanol–water partition coefficient (Wildman–Crippen LogP) is 6.08. The van der Waals surface area contributed by atoms with Gasteiger partial charge in [-0.15, -0.1) is 0 Å². The van der Waals surface area contributed by atoms with Gasteiger partial charge in [0.05, 0.1) is 0 Å². The van der Waals surface area contributed by atoms with Gasteiger partial charge >= 0.3 is 0 Å². The Morgan fingerprint density at radius 3 is 1.90 bits per heavy atom. The molecule has 6 rings (SSSR count). The molecule has 1 aliphatic heterocycles. The lowest BCUT2D eigenvalue weighted by atomic mass is 9.82. The highest BCUT2D eigenvalue weighted by molar-refractivity contribution is 8.33. The van der Waals surface area contributed by atoms with Crippen molar-refractivity contribution in [3.8, 4) is 11.1 Å². The summed E-state index contributed by atoms with van der Waals surface area (Å²) in [6.07, 6.45) is 4.48. The quantitative estimate of drug-likeness (QED) is 0.319. The third-order valence-electron chi connectivity index (χ3n) is 6.24. The summed E-state index contributed by atoms with van der Waals surface area (Å²) in [5.41, 5.74) is 4.50. The Morgan fingerprint density at radius 1 is 0.586 bits per heavy atom. The average Bonchev–Trinajstić information content (AvgIpc) is 2.97. The Kier molecular flexibility index (Phi) is 3.15. The molecule has 0 saturated heterocycles. The molecular weight excluding hydrogens is 376 g/mol. The maximum absolute atomic E-state index is 13.5. The van der Waals surface area contributed by atoms with E-state index in [1.165, 1.54) is 21.2 Å². The molecule has 0 amide bonds. The van der Waals surface area contributed by atoms with Crippen molar-refractivity contribution in [1.29, 1.82) is 0 Å². The summed E-state index contributed by atoms with van der Waals surface area (Å²) in [6, 6.07) is 23.9. The molecule has 0 bridgehead atoms. The smallest absolute Gasteiger partial charge is 0.195 e. The Bertz CT molecular complexity index is 1410.